The molecule has 3 rings (SSSR count). The quantitative estimate of drug-likeness (QED) is 0.386. The highest BCUT2D eigenvalue weighted by atomic mass is 32.1. The number of carbonyl (C=O) groups excluding carboxylic acids is 1. The zero-order valence-corrected chi connectivity index (χ0v) is 17.9. The number of amides is 1. The monoisotopic (exact) mass is 407 g/mol. The van der Waals surface area contributed by atoms with Crippen LogP contribution in [-0.4, -0.2) is 71.9 Å². The van der Waals surface area contributed by atoms with Crippen LogP contribution in [0.2, 0.25) is 0 Å². The third-order valence-electron chi connectivity index (χ3n) is 5.33. The predicted molar refractivity (Wildman–Crippen MR) is 114 cm³/mol. The Morgan fingerprint density at radius 1 is 1.21 bits per heavy atom. The number of piperazine rings is 1. The van der Waals surface area contributed by atoms with Crippen LogP contribution in [0.4, 0.5) is 5.13 Å². The molecule has 0 radical (unpaired) electrons. The highest BCUT2D eigenvalue weighted by molar-refractivity contribution is 7.09. The summed E-state index contributed by atoms with van der Waals surface area (Å²) in [6.45, 7) is 10.2. The fraction of sp³-hybridized carbons (Fsp3) is 0.789. The van der Waals surface area contributed by atoms with E-state index >= 15 is 0 Å². The molecule has 1 saturated carbocycles. The second-order valence-corrected chi connectivity index (χ2v) is 8.06. The van der Waals surface area contributed by atoms with Crippen molar-refractivity contribution < 1.29 is 4.79 Å². The summed E-state index contributed by atoms with van der Waals surface area (Å²) >= 11 is 1.50. The molecule has 0 unspecified atom stereocenters. The average Bonchev–Trinajstić information content (AvgIpc) is 3.15. The molecule has 1 saturated heterocycles. The second kappa shape index (κ2) is 10.6. The Morgan fingerprint density at radius 3 is 2.61 bits per heavy atom. The molecule has 0 bridgehead atoms. The number of anilines is 1. The van der Waals surface area contributed by atoms with Gasteiger partial charge in [-0.3, -0.25) is 9.79 Å². The first kappa shape index (κ1) is 20.8. The van der Waals surface area contributed by atoms with Crippen molar-refractivity contribution in [3.63, 3.8) is 0 Å². The minimum absolute atomic E-state index is 0.223. The Kier molecular flexibility index (Phi) is 7.88. The minimum atomic E-state index is 0.223. The lowest BCUT2D eigenvalue weighted by Crippen LogP contribution is -2.52. The number of hydrogen-bond acceptors (Lipinski definition) is 6. The topological polar surface area (TPSA) is 85.8 Å². The first-order chi connectivity index (χ1) is 13.7. The lowest BCUT2D eigenvalue weighted by atomic mass is 9.85. The largest absolute Gasteiger partial charge is 0.357 e. The number of hydrogen-bond donors (Lipinski definition) is 2. The van der Waals surface area contributed by atoms with Gasteiger partial charge in [0.2, 0.25) is 11.0 Å². The van der Waals surface area contributed by atoms with E-state index in [-0.39, 0.29) is 11.8 Å². The van der Waals surface area contributed by atoms with Gasteiger partial charge in [-0.1, -0.05) is 13.3 Å². The Balaban J connectivity index is 1.41. The zero-order chi connectivity index (χ0) is 19.8. The third kappa shape index (κ3) is 5.56. The first-order valence-electron chi connectivity index (χ1n) is 10.6. The fourth-order valence-electron chi connectivity index (χ4n) is 3.34. The van der Waals surface area contributed by atoms with Crippen molar-refractivity contribution in [1.29, 1.82) is 0 Å². The number of aliphatic imine (C=N–C) groups is 1. The van der Waals surface area contributed by atoms with Gasteiger partial charge in [-0.05, 0) is 26.2 Å². The smallest absolute Gasteiger partial charge is 0.223 e. The van der Waals surface area contributed by atoms with Crippen molar-refractivity contribution in [2.24, 2.45) is 10.9 Å². The number of aromatic nitrogens is 2. The summed E-state index contributed by atoms with van der Waals surface area (Å²) in [6.07, 6.45) is 5.06. The van der Waals surface area contributed by atoms with E-state index in [0.717, 1.165) is 81.9 Å². The first-order valence-corrected chi connectivity index (χ1v) is 11.4. The van der Waals surface area contributed by atoms with Crippen molar-refractivity contribution >= 4 is 28.5 Å². The van der Waals surface area contributed by atoms with Crippen LogP contribution < -0.4 is 15.5 Å². The SMILES string of the molecule is CCNC(=NCCCNC(=O)C1CCC1)N1CCN(c2nc(CC)ns2)CC1. The van der Waals surface area contributed by atoms with E-state index in [1.54, 1.807) is 0 Å². The van der Waals surface area contributed by atoms with Crippen LogP contribution in [-0.2, 0) is 11.2 Å². The van der Waals surface area contributed by atoms with E-state index in [1.807, 2.05) is 0 Å². The summed E-state index contributed by atoms with van der Waals surface area (Å²) in [6, 6.07) is 0. The molecule has 2 fully saturated rings. The van der Waals surface area contributed by atoms with Crippen molar-refractivity contribution in [2.75, 3.05) is 50.7 Å². The van der Waals surface area contributed by atoms with Gasteiger partial charge in [-0.2, -0.15) is 4.37 Å². The molecule has 8 nitrogen and oxygen atoms in total. The van der Waals surface area contributed by atoms with Gasteiger partial charge in [0.05, 0.1) is 0 Å². The van der Waals surface area contributed by atoms with Crippen molar-refractivity contribution in [3.05, 3.63) is 5.82 Å². The summed E-state index contributed by atoms with van der Waals surface area (Å²) in [7, 11) is 0. The fourth-order valence-corrected chi connectivity index (χ4v) is 4.14. The van der Waals surface area contributed by atoms with Gasteiger partial charge in [0.25, 0.3) is 0 Å². The number of aryl methyl sites for hydroxylation is 1. The molecule has 1 aliphatic heterocycles. The Labute approximate surface area is 172 Å². The molecule has 0 aromatic carbocycles. The average molecular weight is 408 g/mol. The number of rotatable bonds is 8. The molecular weight excluding hydrogens is 374 g/mol. The highest BCUT2D eigenvalue weighted by Crippen LogP contribution is 2.26. The van der Waals surface area contributed by atoms with E-state index in [1.165, 1.54) is 18.0 Å². The van der Waals surface area contributed by atoms with Crippen LogP contribution in [0.5, 0.6) is 0 Å². The Bertz CT molecular complexity index is 650. The van der Waals surface area contributed by atoms with Crippen LogP contribution in [0.25, 0.3) is 0 Å². The van der Waals surface area contributed by atoms with Crippen molar-refractivity contribution in [1.82, 2.24) is 24.9 Å². The van der Waals surface area contributed by atoms with Crippen molar-refractivity contribution in [2.45, 2.75) is 46.0 Å². The number of carbonyl (C=O) groups is 1. The maximum Gasteiger partial charge on any atom is 0.223 e. The van der Waals surface area contributed by atoms with Gasteiger partial charge in [-0.15, -0.1) is 0 Å². The maximum atomic E-state index is 11.9. The number of guanidine groups is 1. The summed E-state index contributed by atoms with van der Waals surface area (Å²) in [5, 5.41) is 7.47. The maximum absolute atomic E-state index is 11.9. The van der Waals surface area contributed by atoms with Gasteiger partial charge >= 0.3 is 0 Å². The van der Waals surface area contributed by atoms with Crippen LogP contribution >= 0.6 is 11.5 Å². The van der Waals surface area contributed by atoms with E-state index in [0.29, 0.717) is 6.54 Å². The molecule has 2 aliphatic rings. The molecule has 1 aromatic heterocycles. The lowest BCUT2D eigenvalue weighted by molar-refractivity contribution is -0.127. The molecule has 2 N–H and O–H groups in total. The van der Waals surface area contributed by atoms with E-state index < -0.39 is 0 Å². The molecule has 2 heterocycles. The normalized spacial score (nSPS) is 18.1. The van der Waals surface area contributed by atoms with Crippen LogP contribution in [0.3, 0.4) is 0 Å². The van der Waals surface area contributed by atoms with Crippen molar-refractivity contribution in [3.8, 4) is 0 Å². The standard InChI is InChI=1S/C19H33N7OS/c1-3-16-23-19(28-24-16)26-13-11-25(12-14-26)18(20-4-2)22-10-6-9-21-17(27)15-7-5-8-15/h15H,3-14H2,1-2H3,(H,20,22)(H,21,27). The lowest BCUT2D eigenvalue weighted by Gasteiger charge is -2.36. The Hall–Kier alpha value is -1.90. The van der Waals surface area contributed by atoms with Gasteiger partial charge in [0, 0.05) is 69.7 Å². The van der Waals surface area contributed by atoms with Crippen LogP contribution in [0.1, 0.15) is 45.4 Å². The van der Waals surface area contributed by atoms with Gasteiger partial charge < -0.3 is 20.4 Å². The Morgan fingerprint density at radius 2 is 2.00 bits per heavy atom. The van der Waals surface area contributed by atoms with Gasteiger partial charge in [0.15, 0.2) is 5.96 Å². The number of nitrogens with zero attached hydrogens (tertiary/aromatic N) is 5. The summed E-state index contributed by atoms with van der Waals surface area (Å²) in [5.74, 6) is 2.39. The van der Waals surface area contributed by atoms with Crippen LogP contribution in [0.15, 0.2) is 4.99 Å². The molecule has 0 spiro atoms. The molecule has 0 atom stereocenters. The van der Waals surface area contributed by atoms with E-state index in [4.69, 9.17) is 4.99 Å². The molecule has 1 aliphatic carbocycles. The zero-order valence-electron chi connectivity index (χ0n) is 17.1. The predicted octanol–water partition coefficient (Wildman–Crippen LogP) is 1.49. The number of nitrogens with one attached hydrogen (secondary N) is 2. The molecule has 9 heteroatoms. The highest BCUT2D eigenvalue weighted by Gasteiger charge is 2.24. The summed E-state index contributed by atoms with van der Waals surface area (Å²) < 4.78 is 4.39. The van der Waals surface area contributed by atoms with E-state index in [9.17, 15) is 4.79 Å². The van der Waals surface area contributed by atoms with Gasteiger partial charge in [0.1, 0.15) is 5.82 Å². The second-order valence-electron chi connectivity index (χ2n) is 7.33. The molecule has 156 valence electrons. The van der Waals surface area contributed by atoms with E-state index in [2.05, 4.69) is 43.6 Å². The molecule has 1 amide bonds. The summed E-state index contributed by atoms with van der Waals surface area (Å²) in [4.78, 5) is 25.9. The van der Waals surface area contributed by atoms with Gasteiger partial charge in [-0.25, -0.2) is 4.98 Å². The van der Waals surface area contributed by atoms with Crippen LogP contribution in [0, 0.1) is 5.92 Å². The molecule has 1 aromatic rings. The third-order valence-corrected chi connectivity index (χ3v) is 6.14. The molecular formula is C19H33N7OS. The molecule has 28 heavy (non-hydrogen) atoms. The summed E-state index contributed by atoms with van der Waals surface area (Å²) in [5.41, 5.74) is 0. The minimum Gasteiger partial charge on any atom is -0.357 e.